The SMILES string of the molecule is C/C(=C\CC/C=C(\C)C(=O)O)CO. The first-order chi connectivity index (χ1) is 6.07. The highest BCUT2D eigenvalue weighted by atomic mass is 16.4. The highest BCUT2D eigenvalue weighted by Crippen LogP contribution is 2.01. The Bertz CT molecular complexity index is 226. The van der Waals surface area contributed by atoms with Gasteiger partial charge in [-0.1, -0.05) is 17.7 Å². The maximum Gasteiger partial charge on any atom is 0.330 e. The Balaban J connectivity index is 3.80. The molecule has 0 fully saturated rings. The van der Waals surface area contributed by atoms with Gasteiger partial charge in [-0.15, -0.1) is 0 Å². The lowest BCUT2D eigenvalue weighted by Gasteiger charge is -1.94. The molecule has 74 valence electrons. The van der Waals surface area contributed by atoms with E-state index < -0.39 is 5.97 Å². The molecule has 0 saturated heterocycles. The minimum atomic E-state index is -0.872. The molecule has 0 aliphatic heterocycles. The molecule has 0 aromatic carbocycles. The van der Waals surface area contributed by atoms with Crippen LogP contribution in [0.5, 0.6) is 0 Å². The van der Waals surface area contributed by atoms with E-state index in [-0.39, 0.29) is 6.61 Å². The third-order valence-corrected chi connectivity index (χ3v) is 1.70. The fourth-order valence-electron chi connectivity index (χ4n) is 0.781. The van der Waals surface area contributed by atoms with E-state index in [0.717, 1.165) is 12.0 Å². The van der Waals surface area contributed by atoms with Gasteiger partial charge in [0.15, 0.2) is 0 Å². The first kappa shape index (κ1) is 11.9. The summed E-state index contributed by atoms with van der Waals surface area (Å²) in [6.07, 6.45) is 5.07. The zero-order chi connectivity index (χ0) is 10.3. The van der Waals surface area contributed by atoms with Crippen molar-refractivity contribution in [2.24, 2.45) is 0 Å². The van der Waals surface area contributed by atoms with Gasteiger partial charge in [-0.05, 0) is 26.7 Å². The summed E-state index contributed by atoms with van der Waals surface area (Å²) < 4.78 is 0. The van der Waals surface area contributed by atoms with Gasteiger partial charge in [0.25, 0.3) is 0 Å². The third kappa shape index (κ3) is 6.11. The van der Waals surface area contributed by atoms with Crippen molar-refractivity contribution >= 4 is 5.97 Å². The number of carboxylic acid groups (broad SMARTS) is 1. The van der Waals surface area contributed by atoms with Gasteiger partial charge in [0.05, 0.1) is 6.61 Å². The molecule has 3 heteroatoms. The molecule has 0 amide bonds. The Morgan fingerprint density at radius 2 is 1.77 bits per heavy atom. The molecule has 0 aliphatic carbocycles. The van der Waals surface area contributed by atoms with E-state index in [1.807, 2.05) is 13.0 Å². The van der Waals surface area contributed by atoms with Crippen LogP contribution < -0.4 is 0 Å². The van der Waals surface area contributed by atoms with Gasteiger partial charge in [-0.2, -0.15) is 0 Å². The minimum Gasteiger partial charge on any atom is -0.478 e. The fraction of sp³-hybridized carbons (Fsp3) is 0.500. The lowest BCUT2D eigenvalue weighted by Crippen LogP contribution is -1.95. The standard InChI is InChI=1S/C10H16O3/c1-8(7-11)5-3-4-6-9(2)10(12)13/h5-6,11H,3-4,7H2,1-2H3,(H,12,13)/b8-5+,9-6+. The molecule has 2 N–H and O–H groups in total. The van der Waals surface area contributed by atoms with Crippen LogP contribution in [0.2, 0.25) is 0 Å². The van der Waals surface area contributed by atoms with E-state index in [1.165, 1.54) is 0 Å². The Kier molecular flexibility index (Phi) is 5.89. The van der Waals surface area contributed by atoms with E-state index in [9.17, 15) is 4.79 Å². The molecule has 0 heterocycles. The number of allylic oxidation sites excluding steroid dienone is 2. The highest BCUT2D eigenvalue weighted by Gasteiger charge is 1.96. The zero-order valence-corrected chi connectivity index (χ0v) is 8.08. The Hall–Kier alpha value is -1.09. The van der Waals surface area contributed by atoms with Crippen molar-refractivity contribution in [2.75, 3.05) is 6.61 Å². The minimum absolute atomic E-state index is 0.0711. The van der Waals surface area contributed by atoms with Crippen LogP contribution in [0.1, 0.15) is 26.7 Å². The van der Waals surface area contributed by atoms with Crippen LogP contribution >= 0.6 is 0 Å². The number of hydrogen-bond donors (Lipinski definition) is 2. The highest BCUT2D eigenvalue weighted by molar-refractivity contribution is 5.85. The number of rotatable bonds is 5. The van der Waals surface area contributed by atoms with Crippen LogP contribution in [0.4, 0.5) is 0 Å². The smallest absolute Gasteiger partial charge is 0.330 e. The Labute approximate surface area is 78.4 Å². The molecule has 0 aromatic rings. The molecule has 0 aromatic heterocycles. The summed E-state index contributed by atoms with van der Waals surface area (Å²) in [6.45, 7) is 3.49. The van der Waals surface area contributed by atoms with Crippen LogP contribution in [-0.2, 0) is 4.79 Å². The summed E-state index contributed by atoms with van der Waals surface area (Å²) in [5.41, 5.74) is 1.29. The quantitative estimate of drug-likeness (QED) is 0.388. The summed E-state index contributed by atoms with van der Waals surface area (Å²) in [5, 5.41) is 17.2. The van der Waals surface area contributed by atoms with Gasteiger partial charge in [0.1, 0.15) is 0 Å². The first-order valence-corrected chi connectivity index (χ1v) is 4.24. The summed E-state index contributed by atoms with van der Waals surface area (Å²) in [7, 11) is 0. The van der Waals surface area contributed by atoms with E-state index in [1.54, 1.807) is 13.0 Å². The van der Waals surface area contributed by atoms with Crippen LogP contribution in [0, 0.1) is 0 Å². The summed E-state index contributed by atoms with van der Waals surface area (Å²) in [6, 6.07) is 0. The predicted molar refractivity (Wildman–Crippen MR) is 51.5 cm³/mol. The van der Waals surface area contributed by atoms with Crippen LogP contribution in [0.3, 0.4) is 0 Å². The lowest BCUT2D eigenvalue weighted by atomic mass is 10.2. The maximum absolute atomic E-state index is 10.4. The summed E-state index contributed by atoms with van der Waals surface area (Å²) in [4.78, 5) is 10.4. The van der Waals surface area contributed by atoms with Crippen LogP contribution in [0.15, 0.2) is 23.3 Å². The van der Waals surface area contributed by atoms with Gasteiger partial charge in [0.2, 0.25) is 0 Å². The number of aliphatic hydroxyl groups excluding tert-OH is 1. The number of aliphatic hydroxyl groups is 1. The second-order valence-corrected chi connectivity index (χ2v) is 2.98. The molecule has 0 bridgehead atoms. The predicted octanol–water partition coefficient (Wildman–Crippen LogP) is 1.74. The molecule has 3 nitrogen and oxygen atoms in total. The van der Waals surface area contributed by atoms with Crippen molar-refractivity contribution in [2.45, 2.75) is 26.7 Å². The van der Waals surface area contributed by atoms with Gasteiger partial charge < -0.3 is 10.2 Å². The number of carbonyl (C=O) groups is 1. The monoisotopic (exact) mass is 184 g/mol. The molecule has 0 atom stereocenters. The summed E-state index contributed by atoms with van der Waals surface area (Å²) >= 11 is 0. The lowest BCUT2D eigenvalue weighted by molar-refractivity contribution is -0.132. The number of carboxylic acids is 1. The van der Waals surface area contributed by atoms with Gasteiger partial charge in [-0.3, -0.25) is 0 Å². The van der Waals surface area contributed by atoms with E-state index in [4.69, 9.17) is 10.2 Å². The van der Waals surface area contributed by atoms with Gasteiger partial charge in [0, 0.05) is 5.57 Å². The topological polar surface area (TPSA) is 57.5 Å². The molecular weight excluding hydrogens is 168 g/mol. The molecule has 0 aliphatic rings. The average Bonchev–Trinajstić information content (AvgIpc) is 2.11. The zero-order valence-electron chi connectivity index (χ0n) is 8.08. The van der Waals surface area contributed by atoms with Crippen molar-refractivity contribution in [1.82, 2.24) is 0 Å². The maximum atomic E-state index is 10.4. The summed E-state index contributed by atoms with van der Waals surface area (Å²) in [5.74, 6) is -0.872. The molecule has 0 saturated carbocycles. The van der Waals surface area contributed by atoms with Crippen molar-refractivity contribution in [3.05, 3.63) is 23.3 Å². The Morgan fingerprint density at radius 1 is 1.23 bits per heavy atom. The van der Waals surface area contributed by atoms with Gasteiger partial charge in [-0.25, -0.2) is 4.79 Å². The van der Waals surface area contributed by atoms with E-state index >= 15 is 0 Å². The molecule has 0 unspecified atom stereocenters. The van der Waals surface area contributed by atoms with Crippen molar-refractivity contribution in [3.63, 3.8) is 0 Å². The van der Waals surface area contributed by atoms with Crippen LogP contribution in [-0.4, -0.2) is 22.8 Å². The normalized spacial score (nSPS) is 13.2. The van der Waals surface area contributed by atoms with E-state index in [2.05, 4.69) is 0 Å². The number of unbranched alkanes of at least 4 members (excludes halogenated alkanes) is 1. The average molecular weight is 184 g/mol. The number of aliphatic carboxylic acids is 1. The third-order valence-electron chi connectivity index (χ3n) is 1.70. The molecule has 0 radical (unpaired) electrons. The van der Waals surface area contributed by atoms with E-state index in [0.29, 0.717) is 12.0 Å². The van der Waals surface area contributed by atoms with Crippen molar-refractivity contribution in [1.29, 1.82) is 0 Å². The van der Waals surface area contributed by atoms with Crippen LogP contribution in [0.25, 0.3) is 0 Å². The number of hydrogen-bond acceptors (Lipinski definition) is 2. The second-order valence-electron chi connectivity index (χ2n) is 2.98. The first-order valence-electron chi connectivity index (χ1n) is 4.24. The molecule has 0 rings (SSSR count). The van der Waals surface area contributed by atoms with Gasteiger partial charge >= 0.3 is 5.97 Å². The fourth-order valence-corrected chi connectivity index (χ4v) is 0.781. The molecular formula is C10H16O3. The van der Waals surface area contributed by atoms with Crippen molar-refractivity contribution < 1.29 is 15.0 Å². The van der Waals surface area contributed by atoms with Crippen molar-refractivity contribution in [3.8, 4) is 0 Å². The largest absolute Gasteiger partial charge is 0.478 e. The Morgan fingerprint density at radius 3 is 2.23 bits per heavy atom. The molecule has 13 heavy (non-hydrogen) atoms. The second kappa shape index (κ2) is 6.43. The molecule has 0 spiro atoms.